The minimum absolute atomic E-state index is 0.875. The molecule has 0 unspecified atom stereocenters. The topological polar surface area (TPSA) is 27.7 Å². The fraction of sp³-hybridized carbons (Fsp3) is 1.00. The predicted octanol–water partition coefficient (Wildman–Crippen LogP) is -0.140. The number of ether oxygens (including phenoxy) is 1. The smallest absolute Gasteiger partial charge is 0.0589 e. The van der Waals surface area contributed by atoms with Gasteiger partial charge in [0.25, 0.3) is 0 Å². The van der Waals surface area contributed by atoms with Gasteiger partial charge in [0.15, 0.2) is 0 Å². The molecular formula is C12H25N3O. The minimum Gasteiger partial charge on any atom is -0.383 e. The lowest BCUT2D eigenvalue weighted by molar-refractivity contribution is 0.154. The minimum atomic E-state index is 0.875. The molecule has 0 radical (unpaired) electrons. The number of piperazine rings is 1. The van der Waals surface area contributed by atoms with E-state index in [1.165, 1.54) is 52.2 Å². The molecule has 4 heteroatoms. The van der Waals surface area contributed by atoms with Gasteiger partial charge in [0, 0.05) is 52.9 Å². The zero-order valence-corrected chi connectivity index (χ0v) is 10.5. The molecule has 2 aliphatic heterocycles. The van der Waals surface area contributed by atoms with Gasteiger partial charge >= 0.3 is 0 Å². The van der Waals surface area contributed by atoms with Crippen LogP contribution in [0.25, 0.3) is 0 Å². The highest BCUT2D eigenvalue weighted by molar-refractivity contribution is 4.79. The van der Waals surface area contributed by atoms with Crippen LogP contribution >= 0.6 is 0 Å². The lowest BCUT2D eigenvalue weighted by Gasteiger charge is -2.29. The van der Waals surface area contributed by atoms with E-state index in [0.717, 1.165) is 19.1 Å². The largest absolute Gasteiger partial charge is 0.383 e. The van der Waals surface area contributed by atoms with Crippen LogP contribution in [0, 0.1) is 5.92 Å². The molecular weight excluding hydrogens is 202 g/mol. The van der Waals surface area contributed by atoms with E-state index in [9.17, 15) is 0 Å². The first-order chi connectivity index (χ1) is 7.88. The van der Waals surface area contributed by atoms with Crippen molar-refractivity contribution in [3.05, 3.63) is 0 Å². The Morgan fingerprint density at radius 1 is 1.19 bits per heavy atom. The number of nitrogens with one attached hydrogen (secondary N) is 1. The molecule has 0 spiro atoms. The van der Waals surface area contributed by atoms with Crippen molar-refractivity contribution >= 4 is 0 Å². The van der Waals surface area contributed by atoms with Crippen molar-refractivity contribution in [1.82, 2.24) is 15.1 Å². The van der Waals surface area contributed by atoms with Crippen molar-refractivity contribution < 1.29 is 4.74 Å². The lowest BCUT2D eigenvalue weighted by atomic mass is 10.1. The molecule has 2 fully saturated rings. The van der Waals surface area contributed by atoms with Gasteiger partial charge in [-0.05, 0) is 18.9 Å². The van der Waals surface area contributed by atoms with Crippen LogP contribution in [-0.4, -0.2) is 75.9 Å². The second-order valence-corrected chi connectivity index (χ2v) is 5.00. The third kappa shape index (κ3) is 3.70. The molecule has 2 heterocycles. The molecule has 0 saturated carbocycles. The van der Waals surface area contributed by atoms with E-state index >= 15 is 0 Å². The summed E-state index contributed by atoms with van der Waals surface area (Å²) in [7, 11) is 1.79. The Bertz CT molecular complexity index is 195. The molecule has 1 atom stereocenters. The van der Waals surface area contributed by atoms with E-state index < -0.39 is 0 Å². The highest BCUT2D eigenvalue weighted by atomic mass is 16.5. The molecule has 0 aromatic heterocycles. The van der Waals surface area contributed by atoms with Crippen molar-refractivity contribution in [2.75, 3.05) is 66.1 Å². The zero-order chi connectivity index (χ0) is 11.2. The Balaban J connectivity index is 1.63. The van der Waals surface area contributed by atoms with Gasteiger partial charge in [0.2, 0.25) is 0 Å². The third-order valence-electron chi connectivity index (χ3n) is 3.71. The van der Waals surface area contributed by atoms with E-state index in [0.29, 0.717) is 0 Å². The summed E-state index contributed by atoms with van der Waals surface area (Å²) in [4.78, 5) is 5.15. The molecule has 94 valence electrons. The van der Waals surface area contributed by atoms with Crippen LogP contribution in [0.4, 0.5) is 0 Å². The summed E-state index contributed by atoms with van der Waals surface area (Å²) in [6.07, 6.45) is 1.37. The maximum absolute atomic E-state index is 5.13. The van der Waals surface area contributed by atoms with E-state index in [1.54, 1.807) is 7.11 Å². The Hall–Kier alpha value is -0.160. The van der Waals surface area contributed by atoms with Gasteiger partial charge in [-0.1, -0.05) is 0 Å². The lowest BCUT2D eigenvalue weighted by Crippen LogP contribution is -2.45. The predicted molar refractivity (Wildman–Crippen MR) is 65.7 cm³/mol. The molecule has 0 aliphatic carbocycles. The first kappa shape index (κ1) is 12.3. The second kappa shape index (κ2) is 6.55. The van der Waals surface area contributed by atoms with Crippen LogP contribution in [-0.2, 0) is 4.74 Å². The van der Waals surface area contributed by atoms with Crippen LogP contribution in [0.1, 0.15) is 6.42 Å². The number of rotatable bonds is 5. The van der Waals surface area contributed by atoms with Gasteiger partial charge in [-0.15, -0.1) is 0 Å². The zero-order valence-electron chi connectivity index (χ0n) is 10.5. The van der Waals surface area contributed by atoms with Gasteiger partial charge in [-0.25, -0.2) is 0 Å². The number of likely N-dealkylation sites (tertiary alicyclic amines) is 1. The van der Waals surface area contributed by atoms with Crippen molar-refractivity contribution in [2.45, 2.75) is 6.42 Å². The number of hydrogen-bond donors (Lipinski definition) is 1. The van der Waals surface area contributed by atoms with Crippen molar-refractivity contribution in [3.8, 4) is 0 Å². The molecule has 1 N–H and O–H groups in total. The highest BCUT2D eigenvalue weighted by Gasteiger charge is 2.24. The van der Waals surface area contributed by atoms with Crippen molar-refractivity contribution in [1.29, 1.82) is 0 Å². The van der Waals surface area contributed by atoms with Crippen molar-refractivity contribution in [2.24, 2.45) is 5.92 Å². The van der Waals surface area contributed by atoms with E-state index in [-0.39, 0.29) is 0 Å². The molecule has 4 nitrogen and oxygen atoms in total. The van der Waals surface area contributed by atoms with Gasteiger partial charge in [-0.3, -0.25) is 0 Å². The first-order valence-corrected chi connectivity index (χ1v) is 6.53. The highest BCUT2D eigenvalue weighted by Crippen LogP contribution is 2.17. The maximum Gasteiger partial charge on any atom is 0.0589 e. The van der Waals surface area contributed by atoms with Crippen LogP contribution in [0.5, 0.6) is 0 Å². The Labute approximate surface area is 98.9 Å². The number of methoxy groups -OCH3 is 1. The van der Waals surface area contributed by atoms with Crippen LogP contribution in [0.15, 0.2) is 0 Å². The number of hydrogen-bond acceptors (Lipinski definition) is 4. The van der Waals surface area contributed by atoms with E-state index in [4.69, 9.17) is 4.74 Å². The van der Waals surface area contributed by atoms with Gasteiger partial charge in [-0.2, -0.15) is 0 Å². The van der Waals surface area contributed by atoms with Crippen LogP contribution < -0.4 is 5.32 Å². The Morgan fingerprint density at radius 3 is 2.75 bits per heavy atom. The molecule has 0 amide bonds. The third-order valence-corrected chi connectivity index (χ3v) is 3.71. The number of nitrogens with zero attached hydrogens (tertiary/aromatic N) is 2. The molecule has 16 heavy (non-hydrogen) atoms. The summed E-state index contributed by atoms with van der Waals surface area (Å²) in [6, 6.07) is 0. The second-order valence-electron chi connectivity index (χ2n) is 5.00. The summed E-state index contributed by atoms with van der Waals surface area (Å²) in [5, 5.41) is 3.41. The Morgan fingerprint density at radius 2 is 2.00 bits per heavy atom. The van der Waals surface area contributed by atoms with Gasteiger partial charge in [0.1, 0.15) is 0 Å². The molecule has 2 aliphatic rings. The summed E-state index contributed by atoms with van der Waals surface area (Å²) < 4.78 is 5.13. The van der Waals surface area contributed by atoms with Crippen LogP contribution in [0.3, 0.4) is 0 Å². The molecule has 0 bridgehead atoms. The van der Waals surface area contributed by atoms with Crippen molar-refractivity contribution in [3.63, 3.8) is 0 Å². The van der Waals surface area contributed by atoms with Gasteiger partial charge < -0.3 is 19.9 Å². The molecule has 2 saturated heterocycles. The van der Waals surface area contributed by atoms with Crippen LogP contribution in [0.2, 0.25) is 0 Å². The Kier molecular flexibility index (Phi) is 5.03. The summed E-state index contributed by atoms with van der Waals surface area (Å²) in [6.45, 7) is 10.6. The average molecular weight is 227 g/mol. The SMILES string of the molecule is COCCN1CC[C@H](CN2CCNCC2)C1. The fourth-order valence-electron chi connectivity index (χ4n) is 2.74. The monoisotopic (exact) mass is 227 g/mol. The quantitative estimate of drug-likeness (QED) is 0.707. The summed E-state index contributed by atoms with van der Waals surface area (Å²) in [5.74, 6) is 0.884. The fourth-order valence-corrected chi connectivity index (χ4v) is 2.74. The van der Waals surface area contributed by atoms with E-state index in [1.807, 2.05) is 0 Å². The maximum atomic E-state index is 5.13. The first-order valence-electron chi connectivity index (χ1n) is 6.53. The molecule has 2 rings (SSSR count). The average Bonchev–Trinajstić information content (AvgIpc) is 2.75. The summed E-state index contributed by atoms with van der Waals surface area (Å²) in [5.41, 5.74) is 0. The normalized spacial score (nSPS) is 28.7. The van der Waals surface area contributed by atoms with E-state index in [2.05, 4.69) is 15.1 Å². The van der Waals surface area contributed by atoms with Gasteiger partial charge in [0.05, 0.1) is 6.61 Å². The molecule has 0 aromatic rings. The summed E-state index contributed by atoms with van der Waals surface area (Å²) >= 11 is 0. The standard InChI is InChI=1S/C12H25N3O/c1-16-9-8-14-5-2-12(10-14)11-15-6-3-13-4-7-15/h12-13H,2-11H2,1H3/t12-/m0/s1. The molecule has 0 aromatic carbocycles.